The Morgan fingerprint density at radius 1 is 1.33 bits per heavy atom. The van der Waals surface area contributed by atoms with E-state index in [0.717, 1.165) is 11.1 Å². The molecule has 0 heterocycles. The summed E-state index contributed by atoms with van der Waals surface area (Å²) in [7, 11) is -3.33. The molecule has 0 amide bonds. The Bertz CT molecular complexity index is 471. The van der Waals surface area contributed by atoms with Gasteiger partial charge in [0.05, 0.1) is 5.75 Å². The van der Waals surface area contributed by atoms with Gasteiger partial charge in [0.2, 0.25) is 10.0 Å². The van der Waals surface area contributed by atoms with Crippen LogP contribution < -0.4 is 4.72 Å². The molecule has 0 aliphatic rings. The van der Waals surface area contributed by atoms with Gasteiger partial charge < -0.3 is 5.11 Å². The highest BCUT2D eigenvalue weighted by molar-refractivity contribution is 7.89. The molecule has 0 aliphatic heterocycles. The Labute approximate surface area is 109 Å². The van der Waals surface area contributed by atoms with Gasteiger partial charge >= 0.3 is 0 Å². The molecule has 0 fully saturated rings. The summed E-state index contributed by atoms with van der Waals surface area (Å²) in [5.41, 5.74) is 2.08. The summed E-state index contributed by atoms with van der Waals surface area (Å²) < 4.78 is 26.3. The van der Waals surface area contributed by atoms with Crippen molar-refractivity contribution in [2.24, 2.45) is 0 Å². The van der Waals surface area contributed by atoms with Crippen molar-refractivity contribution in [3.05, 3.63) is 35.4 Å². The summed E-state index contributed by atoms with van der Waals surface area (Å²) in [6, 6.07) is 7.56. The van der Waals surface area contributed by atoms with Crippen LogP contribution in [0.5, 0.6) is 0 Å². The van der Waals surface area contributed by atoms with E-state index in [0.29, 0.717) is 6.42 Å². The van der Waals surface area contributed by atoms with Gasteiger partial charge in [-0.05, 0) is 30.9 Å². The molecule has 0 bridgehead atoms. The summed E-state index contributed by atoms with van der Waals surface area (Å²) in [6.45, 7) is 3.81. The van der Waals surface area contributed by atoms with Crippen LogP contribution in [0.3, 0.4) is 0 Å². The molecule has 4 nitrogen and oxygen atoms in total. The highest BCUT2D eigenvalue weighted by Gasteiger charge is 2.18. The normalized spacial score (nSPS) is 13.5. The monoisotopic (exact) mass is 271 g/mol. The molecular weight excluding hydrogens is 250 g/mol. The van der Waals surface area contributed by atoms with E-state index < -0.39 is 10.0 Å². The third-order valence-electron chi connectivity index (χ3n) is 2.87. The molecule has 1 rings (SSSR count). The van der Waals surface area contributed by atoms with Gasteiger partial charge in [0.25, 0.3) is 0 Å². The van der Waals surface area contributed by atoms with E-state index in [1.807, 2.05) is 38.1 Å². The number of rotatable bonds is 7. The van der Waals surface area contributed by atoms with E-state index in [4.69, 9.17) is 5.11 Å². The highest BCUT2D eigenvalue weighted by atomic mass is 32.2. The Kier molecular flexibility index (Phi) is 5.78. The third-order valence-corrected chi connectivity index (χ3v) is 4.33. The maximum atomic E-state index is 11.8. The molecular formula is C13H21NO3S. The first kappa shape index (κ1) is 15.1. The predicted molar refractivity (Wildman–Crippen MR) is 72.8 cm³/mol. The standard InChI is InChI=1S/C13H21NO3S/c1-3-13(12-8-5-4-7-11(12)2)14-18(16,17)10-6-9-15/h4-5,7-8,13-15H,3,6,9-10H2,1-2H3. The summed E-state index contributed by atoms with van der Waals surface area (Å²) >= 11 is 0. The first-order valence-electron chi connectivity index (χ1n) is 6.16. The summed E-state index contributed by atoms with van der Waals surface area (Å²) in [4.78, 5) is 0. The van der Waals surface area contributed by atoms with Crippen molar-refractivity contribution in [1.29, 1.82) is 0 Å². The first-order valence-corrected chi connectivity index (χ1v) is 7.81. The fraction of sp³-hybridized carbons (Fsp3) is 0.538. The van der Waals surface area contributed by atoms with Crippen LogP contribution in [-0.4, -0.2) is 25.9 Å². The Morgan fingerprint density at radius 2 is 2.00 bits per heavy atom. The van der Waals surface area contributed by atoms with Crippen LogP contribution in [0.4, 0.5) is 0 Å². The first-order chi connectivity index (χ1) is 8.50. The quantitative estimate of drug-likeness (QED) is 0.794. The van der Waals surface area contributed by atoms with Gasteiger partial charge in [-0.25, -0.2) is 13.1 Å². The van der Waals surface area contributed by atoms with Crippen molar-refractivity contribution < 1.29 is 13.5 Å². The minimum Gasteiger partial charge on any atom is -0.396 e. The lowest BCUT2D eigenvalue weighted by atomic mass is 10.0. The van der Waals surface area contributed by atoms with Gasteiger partial charge in [0.15, 0.2) is 0 Å². The number of aryl methyl sites for hydroxylation is 1. The lowest BCUT2D eigenvalue weighted by molar-refractivity contribution is 0.295. The molecule has 5 heteroatoms. The lowest BCUT2D eigenvalue weighted by Gasteiger charge is -2.19. The fourth-order valence-corrected chi connectivity index (χ4v) is 3.23. The largest absolute Gasteiger partial charge is 0.396 e. The minimum absolute atomic E-state index is 0.0358. The number of aliphatic hydroxyl groups excluding tert-OH is 1. The number of nitrogens with one attached hydrogen (secondary N) is 1. The van der Waals surface area contributed by atoms with Gasteiger partial charge in [0.1, 0.15) is 0 Å². The average Bonchev–Trinajstić information content (AvgIpc) is 2.34. The molecule has 1 atom stereocenters. The zero-order chi connectivity index (χ0) is 13.6. The van der Waals surface area contributed by atoms with E-state index in [-0.39, 0.29) is 24.8 Å². The van der Waals surface area contributed by atoms with E-state index in [2.05, 4.69) is 4.72 Å². The fourth-order valence-electron chi connectivity index (χ4n) is 1.87. The van der Waals surface area contributed by atoms with E-state index >= 15 is 0 Å². The van der Waals surface area contributed by atoms with Crippen molar-refractivity contribution in [1.82, 2.24) is 4.72 Å². The van der Waals surface area contributed by atoms with Crippen molar-refractivity contribution in [3.8, 4) is 0 Å². The van der Waals surface area contributed by atoms with E-state index in [1.54, 1.807) is 0 Å². The molecule has 18 heavy (non-hydrogen) atoms. The third kappa shape index (κ3) is 4.40. The van der Waals surface area contributed by atoms with E-state index in [9.17, 15) is 8.42 Å². The van der Waals surface area contributed by atoms with Gasteiger partial charge in [0, 0.05) is 12.6 Å². The smallest absolute Gasteiger partial charge is 0.212 e. The molecule has 0 saturated carbocycles. The summed E-state index contributed by atoms with van der Waals surface area (Å²) in [5.74, 6) is -0.0358. The zero-order valence-corrected chi connectivity index (χ0v) is 11.7. The van der Waals surface area contributed by atoms with E-state index in [1.165, 1.54) is 0 Å². The van der Waals surface area contributed by atoms with Crippen LogP contribution in [0, 0.1) is 6.92 Å². The Balaban J connectivity index is 2.83. The summed E-state index contributed by atoms with van der Waals surface area (Å²) in [5, 5.41) is 8.69. The number of benzene rings is 1. The zero-order valence-electron chi connectivity index (χ0n) is 10.9. The van der Waals surface area contributed by atoms with Crippen LogP contribution in [0.25, 0.3) is 0 Å². The molecule has 0 aliphatic carbocycles. The van der Waals surface area contributed by atoms with Crippen LogP contribution in [0.1, 0.15) is 36.9 Å². The van der Waals surface area contributed by atoms with Crippen molar-refractivity contribution in [2.45, 2.75) is 32.7 Å². The van der Waals surface area contributed by atoms with Gasteiger partial charge in [-0.1, -0.05) is 31.2 Å². The van der Waals surface area contributed by atoms with Crippen molar-refractivity contribution in [3.63, 3.8) is 0 Å². The van der Waals surface area contributed by atoms with Crippen molar-refractivity contribution in [2.75, 3.05) is 12.4 Å². The molecule has 1 aromatic carbocycles. The average molecular weight is 271 g/mol. The molecule has 0 radical (unpaired) electrons. The lowest BCUT2D eigenvalue weighted by Crippen LogP contribution is -2.31. The highest BCUT2D eigenvalue weighted by Crippen LogP contribution is 2.21. The number of sulfonamides is 1. The second-order valence-corrected chi connectivity index (χ2v) is 6.20. The molecule has 0 saturated heterocycles. The van der Waals surface area contributed by atoms with Crippen LogP contribution >= 0.6 is 0 Å². The van der Waals surface area contributed by atoms with Crippen molar-refractivity contribution >= 4 is 10.0 Å². The maximum absolute atomic E-state index is 11.8. The Morgan fingerprint density at radius 3 is 2.56 bits per heavy atom. The number of hydrogen-bond acceptors (Lipinski definition) is 3. The van der Waals surface area contributed by atoms with Crippen LogP contribution in [0.2, 0.25) is 0 Å². The second kappa shape index (κ2) is 6.87. The van der Waals surface area contributed by atoms with Gasteiger partial charge in [-0.3, -0.25) is 0 Å². The molecule has 1 unspecified atom stereocenters. The summed E-state index contributed by atoms with van der Waals surface area (Å²) in [6.07, 6.45) is 0.961. The van der Waals surface area contributed by atoms with Crippen LogP contribution in [0.15, 0.2) is 24.3 Å². The molecule has 2 N–H and O–H groups in total. The number of hydrogen-bond donors (Lipinski definition) is 2. The van der Waals surface area contributed by atoms with Gasteiger partial charge in [-0.15, -0.1) is 0 Å². The topological polar surface area (TPSA) is 66.4 Å². The molecule has 1 aromatic rings. The second-order valence-electron chi connectivity index (χ2n) is 4.33. The molecule has 0 spiro atoms. The molecule has 102 valence electrons. The SMILES string of the molecule is CCC(NS(=O)(=O)CCCO)c1ccccc1C. The number of aliphatic hydroxyl groups is 1. The molecule has 0 aromatic heterocycles. The van der Waals surface area contributed by atoms with Crippen LogP contribution in [-0.2, 0) is 10.0 Å². The Hall–Kier alpha value is -0.910. The maximum Gasteiger partial charge on any atom is 0.212 e. The van der Waals surface area contributed by atoms with Gasteiger partial charge in [-0.2, -0.15) is 0 Å². The minimum atomic E-state index is -3.33. The predicted octanol–water partition coefficient (Wildman–Crippen LogP) is 1.75.